The summed E-state index contributed by atoms with van der Waals surface area (Å²) in [6, 6.07) is 6.41. The maximum Gasteiger partial charge on any atom is 0.498 e. The number of benzene rings is 1. The van der Waals surface area contributed by atoms with Gasteiger partial charge >= 0.3 is 7.12 Å². The summed E-state index contributed by atoms with van der Waals surface area (Å²) in [6.07, 6.45) is 0. The molecule has 1 aliphatic heterocycles. The average Bonchev–Trinajstić information content (AvgIpc) is 2.56. The summed E-state index contributed by atoms with van der Waals surface area (Å²) in [7, 11) is -2.09. The zero-order valence-electron chi connectivity index (χ0n) is 16.1. The first kappa shape index (κ1) is 18.6. The standard InChI is InChI=1S/C18H31BO3Si/c1-13(2)14-10-11-16(20-23(7,8)9)15(12-14)19-21-17(3,4)18(5,6)22-19/h10-13H,1-9H3. The SMILES string of the molecule is CC(C)c1ccc(O[Si](C)(C)C)c(B2OC(C)(C)C(C)(C)O2)c1. The Kier molecular flexibility index (Phi) is 4.79. The van der Waals surface area contributed by atoms with E-state index in [-0.39, 0.29) is 18.3 Å². The Bertz CT molecular complexity index is 560. The van der Waals surface area contributed by atoms with Gasteiger partial charge in [0.25, 0.3) is 0 Å². The van der Waals surface area contributed by atoms with Crippen LogP contribution in [0.15, 0.2) is 18.2 Å². The molecule has 1 aromatic carbocycles. The largest absolute Gasteiger partial charge is 0.545 e. The molecule has 128 valence electrons. The molecule has 0 amide bonds. The maximum atomic E-state index is 6.30. The fourth-order valence-corrected chi connectivity index (χ4v) is 3.35. The van der Waals surface area contributed by atoms with E-state index < -0.39 is 8.32 Å². The van der Waals surface area contributed by atoms with Crippen LogP contribution in [0.4, 0.5) is 0 Å². The molecular formula is C18H31BO3Si. The van der Waals surface area contributed by atoms with E-state index in [0.29, 0.717) is 5.92 Å². The van der Waals surface area contributed by atoms with Crippen LogP contribution in [-0.4, -0.2) is 26.6 Å². The molecule has 1 heterocycles. The van der Waals surface area contributed by atoms with Gasteiger partial charge in [-0.3, -0.25) is 0 Å². The fourth-order valence-electron chi connectivity index (χ4n) is 2.50. The van der Waals surface area contributed by atoms with Crippen LogP contribution in [0.3, 0.4) is 0 Å². The second-order valence-electron chi connectivity index (χ2n) is 8.75. The highest BCUT2D eigenvalue weighted by Gasteiger charge is 2.52. The Hall–Kier alpha value is -0.778. The predicted molar refractivity (Wildman–Crippen MR) is 100 cm³/mol. The summed E-state index contributed by atoms with van der Waals surface area (Å²) in [5.74, 6) is 1.35. The van der Waals surface area contributed by atoms with Crippen LogP contribution >= 0.6 is 0 Å². The third kappa shape index (κ3) is 4.01. The Morgan fingerprint density at radius 2 is 1.52 bits per heavy atom. The van der Waals surface area contributed by atoms with E-state index in [1.165, 1.54) is 5.56 Å². The second-order valence-corrected chi connectivity index (χ2v) is 13.2. The molecule has 3 nitrogen and oxygen atoms in total. The number of rotatable bonds is 4. The lowest BCUT2D eigenvalue weighted by Gasteiger charge is -2.32. The molecule has 2 rings (SSSR count). The monoisotopic (exact) mass is 334 g/mol. The Labute approximate surface area is 143 Å². The van der Waals surface area contributed by atoms with Crippen LogP contribution in [0.2, 0.25) is 19.6 Å². The first-order chi connectivity index (χ1) is 10.3. The Morgan fingerprint density at radius 1 is 1.00 bits per heavy atom. The van der Waals surface area contributed by atoms with Crippen molar-refractivity contribution in [1.82, 2.24) is 0 Å². The lowest BCUT2D eigenvalue weighted by molar-refractivity contribution is 0.00578. The molecule has 0 N–H and O–H groups in total. The van der Waals surface area contributed by atoms with Crippen LogP contribution < -0.4 is 9.89 Å². The molecule has 1 aromatic rings. The van der Waals surface area contributed by atoms with Gasteiger partial charge in [0.2, 0.25) is 8.32 Å². The zero-order chi connectivity index (χ0) is 17.6. The number of hydrogen-bond donors (Lipinski definition) is 0. The Balaban J connectivity index is 2.44. The summed E-state index contributed by atoms with van der Waals surface area (Å²) >= 11 is 0. The second kappa shape index (κ2) is 5.94. The smallest absolute Gasteiger partial charge is 0.498 e. The summed E-state index contributed by atoms with van der Waals surface area (Å²) in [4.78, 5) is 0. The van der Waals surface area contributed by atoms with Gasteiger partial charge in [0.05, 0.1) is 11.2 Å². The fraction of sp³-hybridized carbons (Fsp3) is 0.667. The van der Waals surface area contributed by atoms with E-state index in [1.54, 1.807) is 0 Å². The maximum absolute atomic E-state index is 6.30. The molecule has 1 aliphatic rings. The van der Waals surface area contributed by atoms with E-state index in [1.807, 2.05) is 0 Å². The first-order valence-corrected chi connectivity index (χ1v) is 11.9. The molecule has 0 spiro atoms. The molecule has 0 radical (unpaired) electrons. The highest BCUT2D eigenvalue weighted by molar-refractivity contribution is 6.71. The molecule has 5 heteroatoms. The molecule has 0 saturated carbocycles. The van der Waals surface area contributed by atoms with Crippen molar-refractivity contribution in [3.8, 4) is 5.75 Å². The van der Waals surface area contributed by atoms with E-state index in [4.69, 9.17) is 13.7 Å². The lowest BCUT2D eigenvalue weighted by Crippen LogP contribution is -2.41. The molecule has 1 fully saturated rings. The van der Waals surface area contributed by atoms with Gasteiger partial charge in [0, 0.05) is 5.46 Å². The zero-order valence-corrected chi connectivity index (χ0v) is 17.1. The van der Waals surface area contributed by atoms with Gasteiger partial charge < -0.3 is 13.7 Å². The highest BCUT2D eigenvalue weighted by atomic mass is 28.4. The van der Waals surface area contributed by atoms with Gasteiger partial charge in [0.1, 0.15) is 5.75 Å². The Morgan fingerprint density at radius 3 is 1.96 bits per heavy atom. The topological polar surface area (TPSA) is 27.7 Å². The summed E-state index contributed by atoms with van der Waals surface area (Å²) in [5, 5.41) is 0. The summed E-state index contributed by atoms with van der Waals surface area (Å²) < 4.78 is 18.8. The minimum absolute atomic E-state index is 0.345. The minimum atomic E-state index is -1.71. The van der Waals surface area contributed by atoms with Gasteiger partial charge in [-0.25, -0.2) is 0 Å². The van der Waals surface area contributed by atoms with Gasteiger partial charge in [0.15, 0.2) is 0 Å². The van der Waals surface area contributed by atoms with Crippen molar-refractivity contribution in [3.63, 3.8) is 0 Å². The van der Waals surface area contributed by atoms with Gasteiger partial charge in [-0.1, -0.05) is 26.0 Å². The first-order valence-electron chi connectivity index (χ1n) is 8.51. The third-order valence-electron chi connectivity index (χ3n) is 4.62. The third-order valence-corrected chi connectivity index (χ3v) is 5.46. The van der Waals surface area contributed by atoms with E-state index in [2.05, 4.69) is 79.4 Å². The van der Waals surface area contributed by atoms with Crippen molar-refractivity contribution < 1.29 is 13.7 Å². The van der Waals surface area contributed by atoms with Crippen molar-refractivity contribution in [2.45, 2.75) is 78.3 Å². The summed E-state index contributed by atoms with van der Waals surface area (Å²) in [6.45, 7) is 19.3. The molecule has 23 heavy (non-hydrogen) atoms. The van der Waals surface area contributed by atoms with Gasteiger partial charge in [-0.05, 0) is 64.9 Å². The van der Waals surface area contributed by atoms with Gasteiger partial charge in [-0.2, -0.15) is 0 Å². The molecule has 1 saturated heterocycles. The average molecular weight is 334 g/mol. The quantitative estimate of drug-likeness (QED) is 0.768. The lowest BCUT2D eigenvalue weighted by atomic mass is 9.77. The van der Waals surface area contributed by atoms with E-state index >= 15 is 0 Å². The number of hydrogen-bond acceptors (Lipinski definition) is 3. The molecular weight excluding hydrogens is 303 g/mol. The van der Waals surface area contributed by atoms with Crippen LogP contribution in [0.25, 0.3) is 0 Å². The van der Waals surface area contributed by atoms with E-state index in [0.717, 1.165) is 11.2 Å². The predicted octanol–water partition coefficient (Wildman–Crippen LogP) is 4.32. The molecule has 0 bridgehead atoms. The molecule has 0 atom stereocenters. The summed E-state index contributed by atoms with van der Waals surface area (Å²) in [5.41, 5.74) is 1.60. The van der Waals surface area contributed by atoms with Gasteiger partial charge in [-0.15, -0.1) is 0 Å². The highest BCUT2D eigenvalue weighted by Crippen LogP contribution is 2.37. The van der Waals surface area contributed by atoms with Crippen molar-refractivity contribution in [1.29, 1.82) is 0 Å². The molecule has 0 unspecified atom stereocenters. The van der Waals surface area contributed by atoms with Crippen LogP contribution in [0.1, 0.15) is 53.0 Å². The van der Waals surface area contributed by atoms with Crippen LogP contribution in [-0.2, 0) is 9.31 Å². The minimum Gasteiger partial charge on any atom is -0.545 e. The van der Waals surface area contributed by atoms with Crippen molar-refractivity contribution in [2.75, 3.05) is 0 Å². The van der Waals surface area contributed by atoms with E-state index in [9.17, 15) is 0 Å². The molecule has 0 aliphatic carbocycles. The van der Waals surface area contributed by atoms with Crippen LogP contribution in [0, 0.1) is 0 Å². The van der Waals surface area contributed by atoms with Crippen molar-refractivity contribution >= 4 is 20.9 Å². The normalized spacial score (nSPS) is 20.2. The van der Waals surface area contributed by atoms with Crippen LogP contribution in [0.5, 0.6) is 5.75 Å². The van der Waals surface area contributed by atoms with Crippen molar-refractivity contribution in [2.24, 2.45) is 0 Å². The van der Waals surface area contributed by atoms with Crippen molar-refractivity contribution in [3.05, 3.63) is 23.8 Å². The molecule has 0 aromatic heterocycles.